The lowest BCUT2D eigenvalue weighted by Gasteiger charge is -2.19. The molecule has 3 rings (SSSR count). The van der Waals surface area contributed by atoms with Crippen molar-refractivity contribution >= 4 is 33.0 Å². The van der Waals surface area contributed by atoms with Crippen LogP contribution in [0.5, 0.6) is 0 Å². The molecule has 6 nitrogen and oxygen atoms in total. The van der Waals surface area contributed by atoms with Crippen LogP contribution in [0.25, 0.3) is 10.8 Å². The van der Waals surface area contributed by atoms with Crippen molar-refractivity contribution in [3.8, 4) is 0 Å². The molecule has 0 radical (unpaired) electrons. The third-order valence-corrected chi connectivity index (χ3v) is 5.48. The number of hydrogen-bond donors (Lipinski definition) is 1. The third kappa shape index (κ3) is 3.82. The van der Waals surface area contributed by atoms with Crippen LogP contribution in [-0.4, -0.2) is 38.7 Å². The largest absolute Gasteiger partial charge is 0.264 e. The standard InChI is InChI=1S/C18H22N4O2S/c1-3-14-12-20-22(13-14)18(19-4-2)21-25(23,24)17-10-9-15-7-5-6-8-16(15)11-17/h5-12,14H,3-4,13H2,1-2H3,(H,19,21). The lowest BCUT2D eigenvalue weighted by molar-refractivity contribution is 0.429. The van der Waals surface area contributed by atoms with Crippen molar-refractivity contribution in [1.82, 2.24) is 9.73 Å². The van der Waals surface area contributed by atoms with Gasteiger partial charge >= 0.3 is 0 Å². The Morgan fingerprint density at radius 2 is 2.00 bits per heavy atom. The zero-order chi connectivity index (χ0) is 17.9. The topological polar surface area (TPSA) is 74.1 Å². The summed E-state index contributed by atoms with van der Waals surface area (Å²) in [6.07, 6.45) is 2.80. The molecule has 1 aliphatic heterocycles. The number of nitrogens with zero attached hydrogens (tertiary/aromatic N) is 3. The van der Waals surface area contributed by atoms with Gasteiger partial charge in [-0.25, -0.2) is 18.1 Å². The molecular weight excluding hydrogens is 336 g/mol. The van der Waals surface area contributed by atoms with Crippen LogP contribution >= 0.6 is 0 Å². The molecule has 0 aliphatic carbocycles. The van der Waals surface area contributed by atoms with Crippen LogP contribution < -0.4 is 4.72 Å². The van der Waals surface area contributed by atoms with Crippen LogP contribution in [0, 0.1) is 5.92 Å². The fraction of sp³-hybridized carbons (Fsp3) is 0.333. The molecule has 1 unspecified atom stereocenters. The second kappa shape index (κ2) is 7.23. The molecule has 25 heavy (non-hydrogen) atoms. The first-order valence-electron chi connectivity index (χ1n) is 8.41. The monoisotopic (exact) mass is 358 g/mol. The lowest BCUT2D eigenvalue weighted by Crippen LogP contribution is -2.41. The van der Waals surface area contributed by atoms with E-state index in [9.17, 15) is 8.42 Å². The van der Waals surface area contributed by atoms with Gasteiger partial charge in [0.15, 0.2) is 0 Å². The Morgan fingerprint density at radius 3 is 2.68 bits per heavy atom. The van der Waals surface area contributed by atoms with E-state index in [-0.39, 0.29) is 10.9 Å². The van der Waals surface area contributed by atoms with Crippen molar-refractivity contribution in [1.29, 1.82) is 0 Å². The highest BCUT2D eigenvalue weighted by Gasteiger charge is 2.24. The Balaban J connectivity index is 1.87. The Morgan fingerprint density at radius 1 is 1.24 bits per heavy atom. The zero-order valence-corrected chi connectivity index (χ0v) is 15.2. The second-order valence-electron chi connectivity index (χ2n) is 5.93. The smallest absolute Gasteiger partial charge is 0.251 e. The molecule has 0 saturated heterocycles. The van der Waals surface area contributed by atoms with Gasteiger partial charge in [-0.1, -0.05) is 37.3 Å². The number of nitrogens with one attached hydrogen (secondary N) is 1. The highest BCUT2D eigenvalue weighted by atomic mass is 32.2. The Bertz CT molecular complexity index is 922. The van der Waals surface area contributed by atoms with Gasteiger partial charge in [0, 0.05) is 18.7 Å². The summed E-state index contributed by atoms with van der Waals surface area (Å²) in [6, 6.07) is 12.7. The van der Waals surface area contributed by atoms with Crippen molar-refractivity contribution < 1.29 is 8.42 Å². The highest BCUT2D eigenvalue weighted by molar-refractivity contribution is 7.90. The van der Waals surface area contributed by atoms with Crippen molar-refractivity contribution in [2.75, 3.05) is 13.1 Å². The van der Waals surface area contributed by atoms with Crippen LogP contribution in [0.15, 0.2) is 57.5 Å². The Labute approximate surface area is 148 Å². The number of rotatable bonds is 4. The van der Waals surface area contributed by atoms with Gasteiger partial charge in [0.25, 0.3) is 10.0 Å². The molecule has 0 amide bonds. The zero-order valence-electron chi connectivity index (χ0n) is 14.4. The molecular formula is C18H22N4O2S. The summed E-state index contributed by atoms with van der Waals surface area (Å²) in [4.78, 5) is 4.50. The summed E-state index contributed by atoms with van der Waals surface area (Å²) in [5.41, 5.74) is 0. The fourth-order valence-corrected chi connectivity index (χ4v) is 3.75. The van der Waals surface area contributed by atoms with Gasteiger partial charge in [-0.05, 0) is 36.2 Å². The third-order valence-electron chi connectivity index (χ3n) is 4.16. The van der Waals surface area contributed by atoms with E-state index in [1.165, 1.54) is 0 Å². The summed E-state index contributed by atoms with van der Waals surface area (Å²) in [7, 11) is -3.73. The van der Waals surface area contributed by atoms with Crippen molar-refractivity contribution in [3.05, 3.63) is 42.5 Å². The number of sulfonamides is 1. The maximum Gasteiger partial charge on any atom is 0.264 e. The van der Waals surface area contributed by atoms with E-state index < -0.39 is 10.0 Å². The Hall–Kier alpha value is -2.41. The van der Waals surface area contributed by atoms with E-state index in [1.807, 2.05) is 43.5 Å². The molecule has 2 aromatic rings. The Kier molecular flexibility index (Phi) is 5.03. The maximum atomic E-state index is 12.8. The first-order chi connectivity index (χ1) is 12.0. The van der Waals surface area contributed by atoms with Gasteiger partial charge in [-0.2, -0.15) is 5.10 Å². The molecule has 0 bridgehead atoms. The predicted molar refractivity (Wildman–Crippen MR) is 101 cm³/mol. The molecule has 1 atom stereocenters. The molecule has 0 aromatic heterocycles. The van der Waals surface area contributed by atoms with Crippen molar-refractivity contribution in [2.45, 2.75) is 25.2 Å². The highest BCUT2D eigenvalue weighted by Crippen LogP contribution is 2.19. The van der Waals surface area contributed by atoms with Gasteiger partial charge in [-0.3, -0.25) is 4.99 Å². The van der Waals surface area contributed by atoms with Crippen LogP contribution in [-0.2, 0) is 10.0 Å². The number of guanidine groups is 1. The number of fused-ring (bicyclic) bond motifs is 1. The molecule has 1 N–H and O–H groups in total. The van der Waals surface area contributed by atoms with E-state index >= 15 is 0 Å². The lowest BCUT2D eigenvalue weighted by atomic mass is 10.1. The van der Waals surface area contributed by atoms with E-state index in [2.05, 4.69) is 21.7 Å². The number of benzene rings is 2. The average Bonchev–Trinajstić information content (AvgIpc) is 3.10. The normalized spacial score (nSPS) is 18.1. The van der Waals surface area contributed by atoms with Gasteiger partial charge in [0.2, 0.25) is 5.96 Å². The first-order valence-corrected chi connectivity index (χ1v) is 9.89. The van der Waals surface area contributed by atoms with Crippen LogP contribution in [0.4, 0.5) is 0 Å². The van der Waals surface area contributed by atoms with E-state index in [1.54, 1.807) is 17.1 Å². The quantitative estimate of drug-likeness (QED) is 0.675. The van der Waals surface area contributed by atoms with Gasteiger partial charge in [0.1, 0.15) is 0 Å². The average molecular weight is 358 g/mol. The number of aliphatic imine (C=N–C) groups is 1. The molecule has 0 spiro atoms. The first kappa shape index (κ1) is 17.4. The summed E-state index contributed by atoms with van der Waals surface area (Å²) in [6.45, 7) is 5.05. The van der Waals surface area contributed by atoms with Crippen LogP contribution in [0.3, 0.4) is 0 Å². The van der Waals surface area contributed by atoms with Crippen LogP contribution in [0.2, 0.25) is 0 Å². The van der Waals surface area contributed by atoms with E-state index in [0.29, 0.717) is 19.0 Å². The molecule has 1 heterocycles. The second-order valence-corrected chi connectivity index (χ2v) is 7.61. The number of hydrogen-bond acceptors (Lipinski definition) is 4. The number of hydrazone groups is 1. The predicted octanol–water partition coefficient (Wildman–Crippen LogP) is 2.82. The fourth-order valence-electron chi connectivity index (χ4n) is 2.70. The molecule has 2 aromatic carbocycles. The minimum atomic E-state index is -3.73. The molecule has 1 aliphatic rings. The SMILES string of the molecule is CCN=C(NS(=O)(=O)c1ccc2ccccc2c1)N1CC(CC)C=N1. The van der Waals surface area contributed by atoms with Gasteiger partial charge < -0.3 is 0 Å². The molecule has 7 heteroatoms. The van der Waals surface area contributed by atoms with Gasteiger partial charge in [-0.15, -0.1) is 0 Å². The van der Waals surface area contributed by atoms with E-state index in [0.717, 1.165) is 17.2 Å². The summed E-state index contributed by atoms with van der Waals surface area (Å²) < 4.78 is 28.2. The van der Waals surface area contributed by atoms with E-state index in [4.69, 9.17) is 0 Å². The summed E-state index contributed by atoms with van der Waals surface area (Å²) in [5.74, 6) is 0.579. The summed E-state index contributed by atoms with van der Waals surface area (Å²) >= 11 is 0. The van der Waals surface area contributed by atoms with Crippen molar-refractivity contribution in [2.24, 2.45) is 16.0 Å². The molecule has 132 valence electrons. The minimum Gasteiger partial charge on any atom is -0.251 e. The van der Waals surface area contributed by atoms with Crippen molar-refractivity contribution in [3.63, 3.8) is 0 Å². The summed E-state index contributed by atoms with van der Waals surface area (Å²) in [5, 5.41) is 7.78. The molecule has 0 fully saturated rings. The minimum absolute atomic E-state index is 0.213. The molecule has 0 saturated carbocycles. The maximum absolute atomic E-state index is 12.8. The van der Waals surface area contributed by atoms with Gasteiger partial charge in [0.05, 0.1) is 11.4 Å². The van der Waals surface area contributed by atoms with Crippen LogP contribution in [0.1, 0.15) is 20.3 Å².